The summed E-state index contributed by atoms with van der Waals surface area (Å²) in [5.74, 6) is 0. The Hall–Kier alpha value is 0.0549. The van der Waals surface area contributed by atoms with Gasteiger partial charge in [-0.3, -0.25) is 0 Å². The van der Waals surface area contributed by atoms with Crippen LogP contribution in [0.4, 0.5) is 0 Å². The second kappa shape index (κ2) is 11.3. The summed E-state index contributed by atoms with van der Waals surface area (Å²) in [4.78, 5) is 0. The molecule has 0 saturated carbocycles. The van der Waals surface area contributed by atoms with Crippen LogP contribution in [0.2, 0.25) is 0 Å². The molecule has 1 rings (SSSR count). The molecule has 1 aliphatic rings. The molecule has 0 amide bonds. The van der Waals surface area contributed by atoms with E-state index < -0.39 is 21.7 Å². The number of nitrogens with zero attached hydrogens (tertiary/aromatic N) is 2. The molecule has 1 aliphatic heterocycles. The number of nitriles is 1. The van der Waals surface area contributed by atoms with E-state index in [1.165, 1.54) is 0 Å². The summed E-state index contributed by atoms with van der Waals surface area (Å²) < 4.78 is 32.6. The molecule has 0 spiro atoms. The van der Waals surface area contributed by atoms with E-state index in [-0.39, 0.29) is 30.0 Å². The molecule has 2 unspecified atom stereocenters. The van der Waals surface area contributed by atoms with Crippen LogP contribution < -0.4 is 0 Å². The Bertz CT molecular complexity index is 530. The molecule has 0 aliphatic carbocycles. The topological polar surface area (TPSA) is 71.8 Å². The molecule has 0 aromatic heterocycles. The van der Waals surface area contributed by atoms with Gasteiger partial charge < -0.3 is 18.3 Å². The van der Waals surface area contributed by atoms with Crippen LogP contribution in [0.3, 0.4) is 0 Å². The average molecular weight is 416 g/mol. The molecule has 1 fully saturated rings. The van der Waals surface area contributed by atoms with Crippen LogP contribution in [0, 0.1) is 11.3 Å². The lowest BCUT2D eigenvalue weighted by Gasteiger charge is -2.37. The summed E-state index contributed by atoms with van der Waals surface area (Å²) in [6, 6.07) is 2.04. The van der Waals surface area contributed by atoms with Gasteiger partial charge in [0.1, 0.15) is 7.85 Å². The van der Waals surface area contributed by atoms with E-state index in [9.17, 15) is 4.57 Å². The van der Waals surface area contributed by atoms with Gasteiger partial charge in [0.15, 0.2) is 0 Å². The van der Waals surface area contributed by atoms with Crippen molar-refractivity contribution >= 4 is 23.5 Å². The van der Waals surface area contributed by atoms with Crippen molar-refractivity contribution < 1.29 is 18.3 Å². The molecule has 0 aromatic rings. The fraction of sp³-hybridized carbons (Fsp3) is 0.944. The maximum Gasteiger partial charge on any atom is 0.259 e. The highest BCUT2D eigenvalue weighted by atomic mass is 31.2. The van der Waals surface area contributed by atoms with Gasteiger partial charge in [0.25, 0.3) is 8.53 Å². The second-order valence-corrected chi connectivity index (χ2v) is 13.3. The fourth-order valence-corrected chi connectivity index (χ4v) is 5.54. The maximum absolute atomic E-state index is 12.3. The summed E-state index contributed by atoms with van der Waals surface area (Å²) in [6.07, 6.45) is 1.36. The second-order valence-electron chi connectivity index (χ2n) is 8.17. The number of rotatable bonds is 11. The zero-order chi connectivity index (χ0) is 20.8. The van der Waals surface area contributed by atoms with E-state index in [0.717, 1.165) is 0 Å². The number of hydrogen-bond acceptors (Lipinski definition) is 6. The van der Waals surface area contributed by atoms with Crippen molar-refractivity contribution in [2.75, 3.05) is 19.9 Å². The predicted octanol–water partition coefficient (Wildman–Crippen LogP) is 4.33. The SMILES string of the molecule is [B][C@@H]1O[C@H](CC(C)P(C)(C)=O)C[C@@H]1OP(OCCC#N)N(C(C)C)C(C)C. The van der Waals surface area contributed by atoms with Crippen LogP contribution in [0.5, 0.6) is 0 Å². The van der Waals surface area contributed by atoms with Gasteiger partial charge in [-0.2, -0.15) is 5.26 Å². The minimum atomic E-state index is -2.16. The predicted molar refractivity (Wildman–Crippen MR) is 113 cm³/mol. The van der Waals surface area contributed by atoms with Crippen LogP contribution in [-0.4, -0.2) is 68.4 Å². The minimum absolute atomic E-state index is 0.0595. The van der Waals surface area contributed by atoms with E-state index in [0.29, 0.717) is 25.9 Å². The first-order chi connectivity index (χ1) is 12.5. The van der Waals surface area contributed by atoms with Gasteiger partial charge in [-0.1, -0.05) is 6.92 Å². The lowest BCUT2D eigenvalue weighted by molar-refractivity contribution is 0.0560. The van der Waals surface area contributed by atoms with Crippen LogP contribution in [-0.2, 0) is 18.3 Å². The molecule has 0 bridgehead atoms. The van der Waals surface area contributed by atoms with Gasteiger partial charge in [0, 0.05) is 30.2 Å². The number of hydrogen-bond donors (Lipinski definition) is 0. The van der Waals surface area contributed by atoms with E-state index >= 15 is 0 Å². The highest BCUT2D eigenvalue weighted by Gasteiger charge is 2.39. The summed E-state index contributed by atoms with van der Waals surface area (Å²) in [7, 11) is 2.67. The maximum atomic E-state index is 12.3. The van der Waals surface area contributed by atoms with Crippen LogP contribution in [0.15, 0.2) is 0 Å². The van der Waals surface area contributed by atoms with Gasteiger partial charge in [-0.05, 0) is 47.4 Å². The minimum Gasteiger partial charge on any atom is -0.382 e. The highest BCUT2D eigenvalue weighted by Crippen LogP contribution is 2.50. The molecule has 9 heteroatoms. The lowest BCUT2D eigenvalue weighted by Crippen LogP contribution is -2.36. The van der Waals surface area contributed by atoms with Crippen LogP contribution in [0.1, 0.15) is 53.9 Å². The summed E-state index contributed by atoms with van der Waals surface area (Å²) in [5.41, 5.74) is 0.0877. The van der Waals surface area contributed by atoms with Gasteiger partial charge in [0.05, 0.1) is 38.4 Å². The van der Waals surface area contributed by atoms with Gasteiger partial charge in [-0.25, -0.2) is 4.67 Å². The third-order valence-electron chi connectivity index (χ3n) is 4.76. The largest absolute Gasteiger partial charge is 0.382 e. The van der Waals surface area contributed by atoms with E-state index in [4.69, 9.17) is 26.9 Å². The molecular formula is C18H35BN2O4P2. The third-order valence-corrected chi connectivity index (χ3v) is 9.25. The standard InChI is InChI=1S/C18H35BN2O4P2/c1-13(2)21(14(3)4)26(23-10-8-9-20)25-17-12-16(24-18(17)19)11-15(5)27(6,7)22/h13-18H,8,10-12H2,1-7H3/t15?,16-,17+,18-,26?/m1/s1. The summed E-state index contributed by atoms with van der Waals surface area (Å²) >= 11 is 0. The Morgan fingerprint density at radius 2 is 1.89 bits per heavy atom. The van der Waals surface area contributed by atoms with E-state index in [1.807, 2.05) is 20.3 Å². The van der Waals surface area contributed by atoms with Crippen molar-refractivity contribution in [3.05, 3.63) is 0 Å². The van der Waals surface area contributed by atoms with Crippen molar-refractivity contribution in [1.29, 1.82) is 5.26 Å². The molecule has 0 aromatic carbocycles. The molecule has 1 saturated heterocycles. The normalized spacial score (nSPS) is 25.9. The van der Waals surface area contributed by atoms with Crippen molar-refractivity contribution in [1.82, 2.24) is 4.67 Å². The monoisotopic (exact) mass is 416 g/mol. The molecule has 6 nitrogen and oxygen atoms in total. The van der Waals surface area contributed by atoms with Gasteiger partial charge in [-0.15, -0.1) is 0 Å². The van der Waals surface area contributed by atoms with Crippen molar-refractivity contribution in [2.45, 2.75) is 89.8 Å². The Morgan fingerprint density at radius 3 is 2.37 bits per heavy atom. The van der Waals surface area contributed by atoms with Crippen molar-refractivity contribution in [3.63, 3.8) is 0 Å². The zero-order valence-corrected chi connectivity index (χ0v) is 19.6. The smallest absolute Gasteiger partial charge is 0.259 e. The number of ether oxygens (including phenoxy) is 1. The molecule has 5 atom stereocenters. The molecule has 2 radical (unpaired) electrons. The van der Waals surface area contributed by atoms with E-state index in [1.54, 1.807) is 0 Å². The highest BCUT2D eigenvalue weighted by molar-refractivity contribution is 7.63. The Balaban J connectivity index is 2.79. The first kappa shape index (κ1) is 25.1. The van der Waals surface area contributed by atoms with Crippen LogP contribution in [0.25, 0.3) is 0 Å². The molecular weight excluding hydrogens is 381 g/mol. The van der Waals surface area contributed by atoms with E-state index in [2.05, 4.69) is 38.4 Å². The van der Waals surface area contributed by atoms with Crippen LogP contribution >= 0.6 is 15.7 Å². The lowest BCUT2D eigenvalue weighted by atomic mass is 9.94. The average Bonchev–Trinajstić information content (AvgIpc) is 2.85. The molecule has 1 heterocycles. The van der Waals surface area contributed by atoms with Gasteiger partial charge >= 0.3 is 0 Å². The fourth-order valence-electron chi connectivity index (χ4n) is 3.06. The Labute approximate surface area is 168 Å². The van der Waals surface area contributed by atoms with Crippen molar-refractivity contribution in [2.24, 2.45) is 0 Å². The summed E-state index contributed by atoms with van der Waals surface area (Å²) in [5, 5.41) is 8.81. The summed E-state index contributed by atoms with van der Waals surface area (Å²) in [6.45, 7) is 14.4. The zero-order valence-electron chi connectivity index (χ0n) is 17.8. The Kier molecular flexibility index (Phi) is 10.5. The third kappa shape index (κ3) is 8.13. The van der Waals surface area contributed by atoms with Gasteiger partial charge in [0.2, 0.25) is 0 Å². The molecule has 0 N–H and O–H groups in total. The molecule has 154 valence electrons. The quantitative estimate of drug-likeness (QED) is 0.284. The Morgan fingerprint density at radius 1 is 1.30 bits per heavy atom. The molecule has 27 heavy (non-hydrogen) atoms. The van der Waals surface area contributed by atoms with Crippen molar-refractivity contribution in [3.8, 4) is 6.07 Å². The first-order valence-corrected chi connectivity index (χ1v) is 13.5. The first-order valence-electron chi connectivity index (χ1n) is 9.68.